The average Bonchev–Trinajstić information content (AvgIpc) is 2.12. The standard InChI is InChI=1S/C8H15NO6S/c1-2-3-4-16(14,15)9(5-7(10)11)6-8(12)13/h2-6H2,1H3,(H,10,11)(H,12,13). The first kappa shape index (κ1) is 14.8. The van der Waals surface area contributed by atoms with Gasteiger partial charge in [0, 0.05) is 0 Å². The predicted octanol–water partition coefficient (Wildman–Crippen LogP) is -0.412. The quantitative estimate of drug-likeness (QED) is 0.608. The van der Waals surface area contributed by atoms with Crippen molar-refractivity contribution in [1.82, 2.24) is 4.31 Å². The minimum Gasteiger partial charge on any atom is -0.480 e. The van der Waals surface area contributed by atoms with Crippen molar-refractivity contribution in [3.05, 3.63) is 0 Å². The van der Waals surface area contributed by atoms with Gasteiger partial charge in [0.15, 0.2) is 0 Å². The first-order valence-electron chi connectivity index (χ1n) is 4.71. The molecule has 0 spiro atoms. The van der Waals surface area contributed by atoms with E-state index in [1.807, 2.05) is 0 Å². The van der Waals surface area contributed by atoms with Crippen molar-refractivity contribution < 1.29 is 28.2 Å². The molecule has 16 heavy (non-hydrogen) atoms. The van der Waals surface area contributed by atoms with Gasteiger partial charge in [0.05, 0.1) is 5.75 Å². The second-order valence-corrected chi connectivity index (χ2v) is 5.31. The minimum atomic E-state index is -3.80. The van der Waals surface area contributed by atoms with Crippen molar-refractivity contribution >= 4 is 22.0 Å². The lowest BCUT2D eigenvalue weighted by molar-refractivity contribution is -0.139. The molecule has 0 saturated heterocycles. The SMILES string of the molecule is CCCCS(=O)(=O)N(CC(=O)O)CC(=O)O. The molecule has 7 nitrogen and oxygen atoms in total. The van der Waals surface area contributed by atoms with E-state index in [4.69, 9.17) is 10.2 Å². The Kier molecular flexibility index (Phi) is 5.97. The fraction of sp³-hybridized carbons (Fsp3) is 0.750. The summed E-state index contributed by atoms with van der Waals surface area (Å²) in [6, 6.07) is 0. The highest BCUT2D eigenvalue weighted by molar-refractivity contribution is 7.89. The highest BCUT2D eigenvalue weighted by atomic mass is 32.2. The molecular weight excluding hydrogens is 238 g/mol. The number of unbranched alkanes of at least 4 members (excludes halogenated alkanes) is 1. The Hall–Kier alpha value is -1.15. The van der Waals surface area contributed by atoms with Gasteiger partial charge in [-0.3, -0.25) is 9.59 Å². The number of hydrogen-bond donors (Lipinski definition) is 2. The van der Waals surface area contributed by atoms with Crippen LogP contribution in [0.5, 0.6) is 0 Å². The molecule has 0 amide bonds. The van der Waals surface area contributed by atoms with Crippen LogP contribution in [0, 0.1) is 0 Å². The second-order valence-electron chi connectivity index (χ2n) is 3.23. The lowest BCUT2D eigenvalue weighted by Crippen LogP contribution is -2.40. The van der Waals surface area contributed by atoms with E-state index in [0.29, 0.717) is 17.1 Å². The van der Waals surface area contributed by atoms with Crippen LogP contribution in [0.15, 0.2) is 0 Å². The zero-order valence-electron chi connectivity index (χ0n) is 8.92. The summed E-state index contributed by atoms with van der Waals surface area (Å²) in [7, 11) is -3.80. The van der Waals surface area contributed by atoms with Crippen molar-refractivity contribution in [3.8, 4) is 0 Å². The molecule has 0 aromatic heterocycles. The van der Waals surface area contributed by atoms with Gasteiger partial charge >= 0.3 is 11.9 Å². The van der Waals surface area contributed by atoms with Crippen LogP contribution in [-0.4, -0.2) is 53.7 Å². The van der Waals surface area contributed by atoms with Gasteiger partial charge in [0.2, 0.25) is 10.0 Å². The van der Waals surface area contributed by atoms with Crippen molar-refractivity contribution in [2.45, 2.75) is 19.8 Å². The zero-order chi connectivity index (χ0) is 12.8. The maximum Gasteiger partial charge on any atom is 0.318 e. The van der Waals surface area contributed by atoms with Crippen LogP contribution in [0.1, 0.15) is 19.8 Å². The Labute approximate surface area is 93.7 Å². The van der Waals surface area contributed by atoms with Crippen LogP contribution in [0.25, 0.3) is 0 Å². The summed E-state index contributed by atoms with van der Waals surface area (Å²) in [6.07, 6.45) is 1.01. The summed E-state index contributed by atoms with van der Waals surface area (Å²) in [5, 5.41) is 17.0. The number of carbonyl (C=O) groups is 2. The normalized spacial score (nSPS) is 11.6. The lowest BCUT2D eigenvalue weighted by Gasteiger charge is -2.17. The average molecular weight is 253 g/mol. The molecule has 0 radical (unpaired) electrons. The third-order valence-corrected chi connectivity index (χ3v) is 3.62. The molecule has 94 valence electrons. The lowest BCUT2D eigenvalue weighted by atomic mass is 10.4. The Bertz CT molecular complexity index is 334. The molecule has 0 aromatic rings. The largest absolute Gasteiger partial charge is 0.480 e. The smallest absolute Gasteiger partial charge is 0.318 e. The van der Waals surface area contributed by atoms with Gasteiger partial charge < -0.3 is 10.2 Å². The molecular formula is C8H15NO6S. The first-order chi connectivity index (χ1) is 7.29. The molecule has 0 aliphatic rings. The van der Waals surface area contributed by atoms with Crippen molar-refractivity contribution in [3.63, 3.8) is 0 Å². The van der Waals surface area contributed by atoms with E-state index in [9.17, 15) is 18.0 Å². The molecule has 0 saturated carbocycles. The maximum absolute atomic E-state index is 11.6. The van der Waals surface area contributed by atoms with E-state index in [0.717, 1.165) is 0 Å². The zero-order valence-corrected chi connectivity index (χ0v) is 9.73. The molecule has 0 aliphatic heterocycles. The summed E-state index contributed by atoms with van der Waals surface area (Å²) >= 11 is 0. The molecule has 0 unspecified atom stereocenters. The summed E-state index contributed by atoms with van der Waals surface area (Å²) in [4.78, 5) is 20.8. The van der Waals surface area contributed by atoms with Crippen LogP contribution in [0.2, 0.25) is 0 Å². The number of aliphatic carboxylic acids is 2. The summed E-state index contributed by atoms with van der Waals surface area (Å²) in [6.45, 7) is 0.144. The topological polar surface area (TPSA) is 112 Å². The minimum absolute atomic E-state index is 0.232. The van der Waals surface area contributed by atoms with Crippen molar-refractivity contribution in [2.24, 2.45) is 0 Å². The van der Waals surface area contributed by atoms with Crippen LogP contribution >= 0.6 is 0 Å². The van der Waals surface area contributed by atoms with Crippen molar-refractivity contribution in [1.29, 1.82) is 0 Å². The monoisotopic (exact) mass is 253 g/mol. The summed E-state index contributed by atoms with van der Waals surface area (Å²) in [5.41, 5.74) is 0. The van der Waals surface area contributed by atoms with Gasteiger partial charge in [0.25, 0.3) is 0 Å². The number of carboxylic acids is 2. The summed E-state index contributed by atoms with van der Waals surface area (Å²) < 4.78 is 23.6. The number of rotatable bonds is 8. The maximum atomic E-state index is 11.6. The predicted molar refractivity (Wildman–Crippen MR) is 55.5 cm³/mol. The molecule has 0 bridgehead atoms. The van der Waals surface area contributed by atoms with Crippen LogP contribution in [0.3, 0.4) is 0 Å². The third kappa shape index (κ3) is 5.66. The van der Waals surface area contributed by atoms with Gasteiger partial charge in [-0.05, 0) is 6.42 Å². The fourth-order valence-corrected chi connectivity index (χ4v) is 2.54. The molecule has 0 heterocycles. The van der Waals surface area contributed by atoms with Gasteiger partial charge in [-0.15, -0.1) is 0 Å². The molecule has 8 heteroatoms. The molecule has 0 aromatic carbocycles. The highest BCUT2D eigenvalue weighted by Crippen LogP contribution is 2.04. The van der Waals surface area contributed by atoms with Gasteiger partial charge in [-0.2, -0.15) is 4.31 Å². The van der Waals surface area contributed by atoms with Gasteiger partial charge in [0.1, 0.15) is 13.1 Å². The molecule has 0 rings (SSSR count). The van der Waals surface area contributed by atoms with E-state index in [-0.39, 0.29) is 5.75 Å². The third-order valence-electron chi connectivity index (χ3n) is 1.77. The Morgan fingerprint density at radius 3 is 1.88 bits per heavy atom. The Morgan fingerprint density at radius 2 is 1.56 bits per heavy atom. The number of sulfonamides is 1. The Balaban J connectivity index is 4.72. The Morgan fingerprint density at radius 1 is 1.12 bits per heavy atom. The van der Waals surface area contributed by atoms with Crippen LogP contribution < -0.4 is 0 Å². The molecule has 0 aliphatic carbocycles. The fourth-order valence-electron chi connectivity index (χ4n) is 1.01. The highest BCUT2D eigenvalue weighted by Gasteiger charge is 2.25. The molecule has 0 fully saturated rings. The summed E-state index contributed by atoms with van der Waals surface area (Å²) in [5.74, 6) is -2.98. The van der Waals surface area contributed by atoms with E-state index in [2.05, 4.69) is 0 Å². The first-order valence-corrected chi connectivity index (χ1v) is 6.32. The molecule has 2 N–H and O–H groups in total. The number of hydrogen-bond acceptors (Lipinski definition) is 4. The van der Waals surface area contributed by atoms with E-state index < -0.39 is 35.1 Å². The van der Waals surface area contributed by atoms with Crippen molar-refractivity contribution in [2.75, 3.05) is 18.8 Å². The van der Waals surface area contributed by atoms with Crippen LogP contribution in [0.4, 0.5) is 0 Å². The second kappa shape index (κ2) is 6.44. The van der Waals surface area contributed by atoms with E-state index >= 15 is 0 Å². The number of nitrogens with zero attached hydrogens (tertiary/aromatic N) is 1. The van der Waals surface area contributed by atoms with E-state index in [1.54, 1.807) is 6.92 Å². The van der Waals surface area contributed by atoms with Gasteiger partial charge in [-0.1, -0.05) is 13.3 Å². The number of carboxylic acid groups (broad SMARTS) is 2. The van der Waals surface area contributed by atoms with E-state index in [1.165, 1.54) is 0 Å². The van der Waals surface area contributed by atoms with Crippen LogP contribution in [-0.2, 0) is 19.6 Å². The molecule has 0 atom stereocenters. The van der Waals surface area contributed by atoms with Gasteiger partial charge in [-0.25, -0.2) is 8.42 Å².